The lowest BCUT2D eigenvalue weighted by molar-refractivity contribution is 0.170. The van der Waals surface area contributed by atoms with E-state index in [-0.39, 0.29) is 0 Å². The smallest absolute Gasteiger partial charge is 0.138 e. The van der Waals surface area contributed by atoms with Crippen LogP contribution in [0.5, 0.6) is 0 Å². The van der Waals surface area contributed by atoms with E-state index in [0.29, 0.717) is 18.8 Å². The number of hydrogen-bond donors (Lipinski definition) is 1. The van der Waals surface area contributed by atoms with Crippen molar-refractivity contribution in [2.75, 3.05) is 0 Å². The standard InChI is InChI=1S/C15H25N5O/c1-10(2)8-20-15(16-9-17-20)7-13(21)6-14-11(3)18-19(5)12(14)4/h9-10,13,21H,6-8H2,1-5H3. The summed E-state index contributed by atoms with van der Waals surface area (Å²) in [5, 5.41) is 19.0. The third-order valence-corrected chi connectivity index (χ3v) is 3.75. The minimum Gasteiger partial charge on any atom is -0.392 e. The average Bonchev–Trinajstić information content (AvgIpc) is 2.89. The van der Waals surface area contributed by atoms with Crippen LogP contribution in [0.2, 0.25) is 0 Å². The summed E-state index contributed by atoms with van der Waals surface area (Å²) in [6.45, 7) is 9.13. The van der Waals surface area contributed by atoms with Crippen molar-refractivity contribution in [2.24, 2.45) is 13.0 Å². The predicted molar refractivity (Wildman–Crippen MR) is 81.0 cm³/mol. The number of rotatable bonds is 6. The molecule has 116 valence electrons. The molecular formula is C15H25N5O. The van der Waals surface area contributed by atoms with Crippen LogP contribution in [0.25, 0.3) is 0 Å². The van der Waals surface area contributed by atoms with Gasteiger partial charge in [0.1, 0.15) is 12.2 Å². The van der Waals surface area contributed by atoms with E-state index in [1.54, 1.807) is 6.33 Å². The first-order valence-electron chi connectivity index (χ1n) is 7.42. The van der Waals surface area contributed by atoms with E-state index in [2.05, 4.69) is 29.0 Å². The number of aryl methyl sites for hydroxylation is 2. The van der Waals surface area contributed by atoms with Gasteiger partial charge in [0.15, 0.2) is 0 Å². The lowest BCUT2D eigenvalue weighted by atomic mass is 10.0. The highest BCUT2D eigenvalue weighted by atomic mass is 16.3. The molecule has 0 bridgehead atoms. The Kier molecular flexibility index (Phi) is 4.77. The number of aliphatic hydroxyl groups excluding tert-OH is 1. The molecule has 0 aliphatic rings. The summed E-state index contributed by atoms with van der Waals surface area (Å²) in [5.74, 6) is 1.35. The largest absolute Gasteiger partial charge is 0.392 e. The Morgan fingerprint density at radius 2 is 1.95 bits per heavy atom. The van der Waals surface area contributed by atoms with Crippen molar-refractivity contribution < 1.29 is 5.11 Å². The van der Waals surface area contributed by atoms with Gasteiger partial charge in [0.25, 0.3) is 0 Å². The summed E-state index contributed by atoms with van der Waals surface area (Å²) in [6.07, 6.45) is 2.20. The Balaban J connectivity index is 2.05. The topological polar surface area (TPSA) is 68.8 Å². The first-order chi connectivity index (χ1) is 9.88. The second-order valence-corrected chi connectivity index (χ2v) is 6.09. The van der Waals surface area contributed by atoms with Gasteiger partial charge in [0.2, 0.25) is 0 Å². The van der Waals surface area contributed by atoms with E-state index in [9.17, 15) is 5.11 Å². The van der Waals surface area contributed by atoms with Gasteiger partial charge < -0.3 is 5.11 Å². The molecule has 6 nitrogen and oxygen atoms in total. The summed E-state index contributed by atoms with van der Waals surface area (Å²) >= 11 is 0. The molecule has 6 heteroatoms. The molecule has 0 amide bonds. The molecule has 2 aromatic rings. The maximum Gasteiger partial charge on any atom is 0.138 e. The summed E-state index contributed by atoms with van der Waals surface area (Å²) in [7, 11) is 1.93. The van der Waals surface area contributed by atoms with E-state index < -0.39 is 6.10 Å². The average molecular weight is 291 g/mol. The normalized spacial score (nSPS) is 13.1. The fourth-order valence-electron chi connectivity index (χ4n) is 2.58. The van der Waals surface area contributed by atoms with E-state index in [4.69, 9.17) is 0 Å². The number of aliphatic hydroxyl groups is 1. The number of aromatic nitrogens is 5. The Labute approximate surface area is 125 Å². The van der Waals surface area contributed by atoms with Gasteiger partial charge in [0.05, 0.1) is 11.8 Å². The zero-order chi connectivity index (χ0) is 15.6. The van der Waals surface area contributed by atoms with Crippen molar-refractivity contribution in [3.8, 4) is 0 Å². The lowest BCUT2D eigenvalue weighted by Crippen LogP contribution is -2.19. The van der Waals surface area contributed by atoms with E-state index in [0.717, 1.165) is 29.3 Å². The number of hydrogen-bond acceptors (Lipinski definition) is 4. The van der Waals surface area contributed by atoms with Gasteiger partial charge in [-0.3, -0.25) is 4.68 Å². The highest BCUT2D eigenvalue weighted by Crippen LogP contribution is 2.16. The van der Waals surface area contributed by atoms with Crippen LogP contribution in [0.1, 0.15) is 36.6 Å². The van der Waals surface area contributed by atoms with Crippen molar-refractivity contribution in [1.82, 2.24) is 24.5 Å². The van der Waals surface area contributed by atoms with Crippen LogP contribution in [-0.4, -0.2) is 35.8 Å². The van der Waals surface area contributed by atoms with Gasteiger partial charge in [0, 0.05) is 32.1 Å². The van der Waals surface area contributed by atoms with Gasteiger partial charge >= 0.3 is 0 Å². The van der Waals surface area contributed by atoms with Gasteiger partial charge in [-0.2, -0.15) is 10.2 Å². The Morgan fingerprint density at radius 3 is 2.52 bits per heavy atom. The lowest BCUT2D eigenvalue weighted by Gasteiger charge is -2.13. The van der Waals surface area contributed by atoms with Crippen molar-refractivity contribution in [2.45, 2.75) is 53.2 Å². The fraction of sp³-hybridized carbons (Fsp3) is 0.667. The first-order valence-corrected chi connectivity index (χ1v) is 7.42. The molecule has 1 atom stereocenters. The van der Waals surface area contributed by atoms with Crippen LogP contribution in [0, 0.1) is 19.8 Å². The summed E-state index contributed by atoms with van der Waals surface area (Å²) in [5.41, 5.74) is 3.22. The fourth-order valence-corrected chi connectivity index (χ4v) is 2.58. The minimum atomic E-state index is -0.471. The predicted octanol–water partition coefficient (Wildman–Crippen LogP) is 1.43. The number of nitrogens with zero attached hydrogens (tertiary/aromatic N) is 5. The molecule has 2 heterocycles. The van der Waals surface area contributed by atoms with Crippen molar-refractivity contribution >= 4 is 0 Å². The van der Waals surface area contributed by atoms with E-state index in [1.807, 2.05) is 30.3 Å². The highest BCUT2D eigenvalue weighted by Gasteiger charge is 2.17. The molecule has 1 N–H and O–H groups in total. The molecule has 0 fully saturated rings. The van der Waals surface area contributed by atoms with Crippen LogP contribution in [0.4, 0.5) is 0 Å². The van der Waals surface area contributed by atoms with E-state index >= 15 is 0 Å². The maximum absolute atomic E-state index is 10.4. The van der Waals surface area contributed by atoms with E-state index in [1.165, 1.54) is 0 Å². The highest BCUT2D eigenvalue weighted by molar-refractivity contribution is 5.25. The van der Waals surface area contributed by atoms with Crippen LogP contribution in [-0.2, 0) is 26.4 Å². The Hall–Kier alpha value is -1.69. The van der Waals surface area contributed by atoms with Crippen molar-refractivity contribution in [1.29, 1.82) is 0 Å². The van der Waals surface area contributed by atoms with Crippen LogP contribution < -0.4 is 0 Å². The molecule has 0 aliphatic heterocycles. The minimum absolute atomic E-state index is 0.471. The summed E-state index contributed by atoms with van der Waals surface area (Å²) < 4.78 is 3.75. The van der Waals surface area contributed by atoms with Crippen molar-refractivity contribution in [3.63, 3.8) is 0 Å². The Morgan fingerprint density at radius 1 is 1.24 bits per heavy atom. The zero-order valence-electron chi connectivity index (χ0n) is 13.5. The van der Waals surface area contributed by atoms with Crippen LogP contribution in [0.15, 0.2) is 6.33 Å². The SMILES string of the molecule is Cc1nn(C)c(C)c1CC(O)Cc1ncnn1CC(C)C. The van der Waals surface area contributed by atoms with Gasteiger partial charge in [-0.15, -0.1) is 0 Å². The molecular weight excluding hydrogens is 266 g/mol. The van der Waals surface area contributed by atoms with Crippen LogP contribution in [0.3, 0.4) is 0 Å². The third kappa shape index (κ3) is 3.69. The molecule has 0 saturated carbocycles. The second-order valence-electron chi connectivity index (χ2n) is 6.09. The molecule has 2 rings (SSSR count). The Bertz CT molecular complexity index is 599. The molecule has 0 spiro atoms. The first kappa shape index (κ1) is 15.7. The monoisotopic (exact) mass is 291 g/mol. The van der Waals surface area contributed by atoms with Gasteiger partial charge in [-0.05, 0) is 25.3 Å². The van der Waals surface area contributed by atoms with Crippen molar-refractivity contribution in [3.05, 3.63) is 29.1 Å². The van der Waals surface area contributed by atoms with Gasteiger partial charge in [-0.25, -0.2) is 9.67 Å². The van der Waals surface area contributed by atoms with Crippen LogP contribution >= 0.6 is 0 Å². The maximum atomic E-state index is 10.4. The molecule has 0 aliphatic carbocycles. The molecule has 0 aromatic carbocycles. The summed E-state index contributed by atoms with van der Waals surface area (Å²) in [6, 6.07) is 0. The quantitative estimate of drug-likeness (QED) is 0.874. The molecule has 1 unspecified atom stereocenters. The third-order valence-electron chi connectivity index (χ3n) is 3.75. The second kappa shape index (κ2) is 6.39. The molecule has 0 saturated heterocycles. The summed E-state index contributed by atoms with van der Waals surface area (Å²) in [4.78, 5) is 4.27. The molecule has 0 radical (unpaired) electrons. The zero-order valence-corrected chi connectivity index (χ0v) is 13.5. The molecule has 2 aromatic heterocycles. The van der Waals surface area contributed by atoms with Gasteiger partial charge in [-0.1, -0.05) is 13.8 Å². The molecule has 21 heavy (non-hydrogen) atoms.